The summed E-state index contributed by atoms with van der Waals surface area (Å²) in [4.78, 5) is 2.37. The maximum Gasteiger partial charge on any atom is 0.118 e. The van der Waals surface area contributed by atoms with Crippen molar-refractivity contribution in [3.63, 3.8) is 0 Å². The van der Waals surface area contributed by atoms with Gasteiger partial charge in [-0.3, -0.25) is 4.90 Å². The van der Waals surface area contributed by atoms with Crippen LogP contribution in [0.15, 0.2) is 24.3 Å². The third-order valence-electron chi connectivity index (χ3n) is 3.66. The number of hydrogen-bond donors (Lipinski definition) is 1. The van der Waals surface area contributed by atoms with E-state index in [1.165, 1.54) is 5.56 Å². The lowest BCUT2D eigenvalue weighted by atomic mass is 9.98. The van der Waals surface area contributed by atoms with Gasteiger partial charge in [0.15, 0.2) is 0 Å². The summed E-state index contributed by atoms with van der Waals surface area (Å²) in [5.41, 5.74) is 1.28. The van der Waals surface area contributed by atoms with E-state index in [2.05, 4.69) is 36.3 Å². The normalized spacial score (nSPS) is 24.4. The highest BCUT2D eigenvalue weighted by Crippen LogP contribution is 2.29. The van der Waals surface area contributed by atoms with Crippen LogP contribution in [0.5, 0.6) is 5.75 Å². The zero-order valence-corrected chi connectivity index (χ0v) is 12.1. The molecular formula is C15H24N2O2. The zero-order valence-electron chi connectivity index (χ0n) is 12.1. The van der Waals surface area contributed by atoms with Crippen molar-refractivity contribution in [2.45, 2.75) is 19.1 Å². The van der Waals surface area contributed by atoms with Crippen molar-refractivity contribution in [3.05, 3.63) is 29.8 Å². The molecule has 1 fully saturated rings. The Balaban J connectivity index is 2.15. The van der Waals surface area contributed by atoms with Crippen LogP contribution in [0.2, 0.25) is 0 Å². The molecule has 4 heteroatoms. The van der Waals surface area contributed by atoms with Gasteiger partial charge in [0.05, 0.1) is 25.9 Å². The predicted octanol–water partition coefficient (Wildman–Crippen LogP) is 1.68. The van der Waals surface area contributed by atoms with E-state index in [0.717, 1.165) is 32.0 Å². The Morgan fingerprint density at radius 2 is 2.11 bits per heavy atom. The number of nitrogens with one attached hydrogen (secondary N) is 1. The molecule has 106 valence electrons. The monoisotopic (exact) mass is 264 g/mol. The van der Waals surface area contributed by atoms with E-state index in [-0.39, 0.29) is 6.10 Å². The molecular weight excluding hydrogens is 240 g/mol. The van der Waals surface area contributed by atoms with E-state index in [1.807, 2.05) is 12.1 Å². The molecule has 1 aromatic carbocycles. The molecule has 2 rings (SSSR count). The number of nitrogens with zero attached hydrogens (tertiary/aromatic N) is 1. The van der Waals surface area contributed by atoms with Gasteiger partial charge in [0, 0.05) is 13.1 Å². The van der Waals surface area contributed by atoms with Crippen LogP contribution >= 0.6 is 0 Å². The van der Waals surface area contributed by atoms with Gasteiger partial charge in [0.25, 0.3) is 0 Å². The minimum absolute atomic E-state index is 0.201. The van der Waals surface area contributed by atoms with Crippen molar-refractivity contribution in [1.82, 2.24) is 10.2 Å². The molecule has 1 aliphatic heterocycles. The Kier molecular flexibility index (Phi) is 5.19. The first-order chi connectivity index (χ1) is 9.26. The highest BCUT2D eigenvalue weighted by molar-refractivity contribution is 5.30. The Labute approximate surface area is 115 Å². The smallest absolute Gasteiger partial charge is 0.118 e. The molecule has 1 heterocycles. The van der Waals surface area contributed by atoms with Crippen LogP contribution in [0.25, 0.3) is 0 Å². The van der Waals surface area contributed by atoms with Gasteiger partial charge in [0.2, 0.25) is 0 Å². The Hall–Kier alpha value is -1.10. The summed E-state index contributed by atoms with van der Waals surface area (Å²) in [6.45, 7) is 5.75. The van der Waals surface area contributed by atoms with Crippen molar-refractivity contribution in [2.24, 2.45) is 0 Å². The number of rotatable bonds is 5. The largest absolute Gasteiger partial charge is 0.497 e. The second-order valence-corrected chi connectivity index (χ2v) is 4.92. The number of hydrogen-bond acceptors (Lipinski definition) is 4. The van der Waals surface area contributed by atoms with Crippen molar-refractivity contribution >= 4 is 0 Å². The molecule has 2 unspecified atom stereocenters. The van der Waals surface area contributed by atoms with Gasteiger partial charge in [0.1, 0.15) is 5.75 Å². The average molecular weight is 264 g/mol. The summed E-state index contributed by atoms with van der Waals surface area (Å²) in [7, 11) is 3.86. The molecule has 0 aromatic heterocycles. The SMILES string of the molecule is CCNCC1OCCN(C)C1c1ccc(OC)cc1. The molecule has 1 saturated heterocycles. The molecule has 1 N–H and O–H groups in total. The van der Waals surface area contributed by atoms with Crippen LogP contribution in [-0.2, 0) is 4.74 Å². The first-order valence-electron chi connectivity index (χ1n) is 6.92. The number of benzene rings is 1. The minimum Gasteiger partial charge on any atom is -0.497 e. The summed E-state index contributed by atoms with van der Waals surface area (Å²) >= 11 is 0. The van der Waals surface area contributed by atoms with E-state index in [4.69, 9.17) is 9.47 Å². The second kappa shape index (κ2) is 6.89. The van der Waals surface area contributed by atoms with Crippen molar-refractivity contribution < 1.29 is 9.47 Å². The lowest BCUT2D eigenvalue weighted by Crippen LogP contribution is -2.47. The van der Waals surface area contributed by atoms with Crippen LogP contribution in [0, 0.1) is 0 Å². The van der Waals surface area contributed by atoms with E-state index in [1.54, 1.807) is 7.11 Å². The van der Waals surface area contributed by atoms with Crippen LogP contribution < -0.4 is 10.1 Å². The Bertz CT molecular complexity index is 380. The summed E-state index contributed by atoms with van der Waals surface area (Å²) < 4.78 is 11.2. The molecule has 1 aliphatic rings. The van der Waals surface area contributed by atoms with Crippen LogP contribution in [0.1, 0.15) is 18.5 Å². The van der Waals surface area contributed by atoms with Gasteiger partial charge < -0.3 is 14.8 Å². The fourth-order valence-corrected chi connectivity index (χ4v) is 2.59. The predicted molar refractivity (Wildman–Crippen MR) is 76.6 cm³/mol. The molecule has 0 amide bonds. The van der Waals surface area contributed by atoms with Gasteiger partial charge in [-0.2, -0.15) is 0 Å². The molecule has 4 nitrogen and oxygen atoms in total. The third kappa shape index (κ3) is 3.47. The fourth-order valence-electron chi connectivity index (χ4n) is 2.59. The van der Waals surface area contributed by atoms with Gasteiger partial charge in [-0.15, -0.1) is 0 Å². The Morgan fingerprint density at radius 1 is 1.37 bits per heavy atom. The molecule has 0 bridgehead atoms. The van der Waals surface area contributed by atoms with E-state index < -0.39 is 0 Å². The van der Waals surface area contributed by atoms with Crippen molar-refractivity contribution in [2.75, 3.05) is 40.4 Å². The van der Waals surface area contributed by atoms with Crippen molar-refractivity contribution in [1.29, 1.82) is 0 Å². The van der Waals surface area contributed by atoms with Crippen LogP contribution in [0.4, 0.5) is 0 Å². The van der Waals surface area contributed by atoms with Gasteiger partial charge in [-0.05, 0) is 31.3 Å². The number of methoxy groups -OCH3 is 1. The highest BCUT2D eigenvalue weighted by atomic mass is 16.5. The average Bonchev–Trinajstić information content (AvgIpc) is 2.45. The summed E-state index contributed by atoms with van der Waals surface area (Å²) in [6, 6.07) is 8.60. The van der Waals surface area contributed by atoms with Gasteiger partial charge >= 0.3 is 0 Å². The van der Waals surface area contributed by atoms with Crippen LogP contribution in [-0.4, -0.2) is 51.4 Å². The first kappa shape index (κ1) is 14.3. The quantitative estimate of drug-likeness (QED) is 0.877. The summed E-state index contributed by atoms with van der Waals surface area (Å²) in [6.07, 6.45) is 0.201. The fraction of sp³-hybridized carbons (Fsp3) is 0.600. The maximum absolute atomic E-state index is 5.94. The molecule has 0 saturated carbocycles. The number of morpholine rings is 1. The summed E-state index contributed by atoms with van der Waals surface area (Å²) in [5, 5.41) is 3.38. The number of ether oxygens (including phenoxy) is 2. The lowest BCUT2D eigenvalue weighted by Gasteiger charge is -2.39. The highest BCUT2D eigenvalue weighted by Gasteiger charge is 2.30. The molecule has 0 spiro atoms. The zero-order chi connectivity index (χ0) is 13.7. The molecule has 1 aromatic rings. The van der Waals surface area contributed by atoms with Crippen LogP contribution in [0.3, 0.4) is 0 Å². The topological polar surface area (TPSA) is 33.7 Å². The standard InChI is InChI=1S/C15H24N2O2/c1-4-16-11-14-15(17(2)9-10-19-14)12-5-7-13(18-3)8-6-12/h5-8,14-16H,4,9-11H2,1-3H3. The minimum atomic E-state index is 0.201. The molecule has 0 aliphatic carbocycles. The van der Waals surface area contributed by atoms with Crippen molar-refractivity contribution in [3.8, 4) is 5.75 Å². The van der Waals surface area contributed by atoms with E-state index in [9.17, 15) is 0 Å². The van der Waals surface area contributed by atoms with E-state index >= 15 is 0 Å². The third-order valence-corrected chi connectivity index (χ3v) is 3.66. The van der Waals surface area contributed by atoms with E-state index in [0.29, 0.717) is 6.04 Å². The van der Waals surface area contributed by atoms with Gasteiger partial charge in [-0.1, -0.05) is 19.1 Å². The lowest BCUT2D eigenvalue weighted by molar-refractivity contribution is -0.0611. The summed E-state index contributed by atoms with van der Waals surface area (Å²) in [5.74, 6) is 0.895. The van der Waals surface area contributed by atoms with Gasteiger partial charge in [-0.25, -0.2) is 0 Å². The number of likely N-dealkylation sites (N-methyl/N-ethyl adjacent to an activating group) is 2. The molecule has 19 heavy (non-hydrogen) atoms. The molecule has 2 atom stereocenters. The maximum atomic E-state index is 5.94. The molecule has 0 radical (unpaired) electrons. The second-order valence-electron chi connectivity index (χ2n) is 4.92. The Morgan fingerprint density at radius 3 is 2.74 bits per heavy atom. The first-order valence-corrected chi connectivity index (χ1v) is 6.92.